The molecule has 0 saturated carbocycles. The first kappa shape index (κ1) is 9.27. The van der Waals surface area contributed by atoms with Gasteiger partial charge in [-0.3, -0.25) is 4.98 Å². The van der Waals surface area contributed by atoms with E-state index < -0.39 is 0 Å². The van der Waals surface area contributed by atoms with Gasteiger partial charge in [-0.25, -0.2) is 9.97 Å². The van der Waals surface area contributed by atoms with Crippen LogP contribution in [-0.4, -0.2) is 22.0 Å². The number of hydrogen-bond acceptors (Lipinski definition) is 4. The number of aromatic nitrogens is 3. The van der Waals surface area contributed by atoms with Crippen molar-refractivity contribution in [2.24, 2.45) is 0 Å². The highest BCUT2D eigenvalue weighted by molar-refractivity contribution is 5.69. The first-order valence-corrected chi connectivity index (χ1v) is 5.35. The smallest absolute Gasteiger partial charge is 0.222 e. The van der Waals surface area contributed by atoms with Gasteiger partial charge in [-0.2, -0.15) is 0 Å². The number of fused-ring (bicyclic) bond motifs is 3. The molecule has 0 saturated heterocycles. The number of anilines is 1. The summed E-state index contributed by atoms with van der Waals surface area (Å²) in [5.41, 5.74) is 4.73. The van der Waals surface area contributed by atoms with Crippen LogP contribution in [0.4, 0.5) is 5.95 Å². The summed E-state index contributed by atoms with van der Waals surface area (Å²) in [6.07, 6.45) is 7.68. The maximum absolute atomic E-state index is 4.52. The molecule has 0 bridgehead atoms. The van der Waals surface area contributed by atoms with Crippen LogP contribution in [0.15, 0.2) is 24.7 Å². The quantitative estimate of drug-likeness (QED) is 0.781. The fourth-order valence-corrected chi connectivity index (χ4v) is 2.07. The lowest BCUT2D eigenvalue weighted by molar-refractivity contribution is 0.903. The SMILES string of the molecule is CNc1ncc2c(n1)-c1ccncc1CC2. The van der Waals surface area contributed by atoms with E-state index in [0.29, 0.717) is 5.95 Å². The highest BCUT2D eigenvalue weighted by Crippen LogP contribution is 2.31. The molecule has 4 heteroatoms. The van der Waals surface area contributed by atoms with Gasteiger partial charge >= 0.3 is 0 Å². The third kappa shape index (κ3) is 1.34. The van der Waals surface area contributed by atoms with Gasteiger partial charge in [0.25, 0.3) is 0 Å². The van der Waals surface area contributed by atoms with E-state index in [9.17, 15) is 0 Å². The van der Waals surface area contributed by atoms with Crippen LogP contribution in [0.3, 0.4) is 0 Å². The van der Waals surface area contributed by atoms with Gasteiger partial charge in [0, 0.05) is 31.2 Å². The van der Waals surface area contributed by atoms with Crippen molar-refractivity contribution in [3.63, 3.8) is 0 Å². The minimum atomic E-state index is 0.670. The second-order valence-corrected chi connectivity index (χ2v) is 3.85. The van der Waals surface area contributed by atoms with E-state index in [4.69, 9.17) is 0 Å². The fourth-order valence-electron chi connectivity index (χ4n) is 2.07. The molecule has 0 unspecified atom stereocenters. The Morgan fingerprint density at radius 2 is 2.06 bits per heavy atom. The largest absolute Gasteiger partial charge is 0.357 e. The number of nitrogens with zero attached hydrogens (tertiary/aromatic N) is 3. The van der Waals surface area contributed by atoms with Crippen molar-refractivity contribution in [2.75, 3.05) is 12.4 Å². The maximum Gasteiger partial charge on any atom is 0.222 e. The summed E-state index contributed by atoms with van der Waals surface area (Å²) >= 11 is 0. The molecule has 0 spiro atoms. The predicted octanol–water partition coefficient (Wildman–Crippen LogP) is 1.68. The molecule has 2 heterocycles. The van der Waals surface area contributed by atoms with E-state index in [0.717, 1.165) is 18.5 Å². The fraction of sp³-hybridized carbons (Fsp3) is 0.250. The Bertz CT molecular complexity index is 536. The molecule has 80 valence electrons. The molecule has 0 atom stereocenters. The van der Waals surface area contributed by atoms with Crippen LogP contribution in [0.1, 0.15) is 11.1 Å². The molecule has 2 aromatic heterocycles. The average Bonchev–Trinajstić information content (AvgIpc) is 2.38. The number of aryl methyl sites for hydroxylation is 2. The van der Waals surface area contributed by atoms with E-state index >= 15 is 0 Å². The number of hydrogen-bond donors (Lipinski definition) is 1. The predicted molar refractivity (Wildman–Crippen MR) is 62.2 cm³/mol. The van der Waals surface area contributed by atoms with Crippen LogP contribution in [0, 0.1) is 0 Å². The van der Waals surface area contributed by atoms with Crippen LogP contribution in [-0.2, 0) is 12.8 Å². The van der Waals surface area contributed by atoms with Crippen molar-refractivity contribution < 1.29 is 0 Å². The van der Waals surface area contributed by atoms with Gasteiger partial charge in [0.2, 0.25) is 5.95 Å². The summed E-state index contributed by atoms with van der Waals surface area (Å²) < 4.78 is 0. The molecule has 2 aromatic rings. The number of pyridine rings is 1. The van der Waals surface area contributed by atoms with Crippen LogP contribution in [0.25, 0.3) is 11.3 Å². The molecule has 4 nitrogen and oxygen atoms in total. The van der Waals surface area contributed by atoms with Crippen molar-refractivity contribution in [3.8, 4) is 11.3 Å². The molecule has 0 aromatic carbocycles. The third-order valence-electron chi connectivity index (χ3n) is 2.91. The van der Waals surface area contributed by atoms with Gasteiger partial charge in [-0.05, 0) is 30.0 Å². The summed E-state index contributed by atoms with van der Waals surface area (Å²) in [5.74, 6) is 0.670. The topological polar surface area (TPSA) is 50.7 Å². The van der Waals surface area contributed by atoms with Crippen molar-refractivity contribution in [1.82, 2.24) is 15.0 Å². The lowest BCUT2D eigenvalue weighted by Gasteiger charge is -2.18. The maximum atomic E-state index is 4.52. The first-order valence-electron chi connectivity index (χ1n) is 5.35. The first-order chi connectivity index (χ1) is 7.88. The Balaban J connectivity index is 2.22. The molecule has 1 aliphatic carbocycles. The summed E-state index contributed by atoms with van der Waals surface area (Å²) in [5, 5.41) is 2.97. The standard InChI is InChI=1S/C12H12N4/c1-13-12-15-7-9-3-2-8-6-14-5-4-10(8)11(9)16-12/h4-7H,2-3H2,1H3,(H,13,15,16). The number of rotatable bonds is 1. The summed E-state index contributed by atoms with van der Waals surface area (Å²) in [6, 6.07) is 2.03. The second-order valence-electron chi connectivity index (χ2n) is 3.85. The van der Waals surface area contributed by atoms with E-state index in [2.05, 4.69) is 20.3 Å². The summed E-state index contributed by atoms with van der Waals surface area (Å²) in [4.78, 5) is 12.9. The average molecular weight is 212 g/mol. The van der Waals surface area contributed by atoms with E-state index in [1.165, 1.54) is 16.7 Å². The Morgan fingerprint density at radius 3 is 2.94 bits per heavy atom. The van der Waals surface area contributed by atoms with E-state index in [-0.39, 0.29) is 0 Å². The third-order valence-corrected chi connectivity index (χ3v) is 2.91. The summed E-state index contributed by atoms with van der Waals surface area (Å²) in [6.45, 7) is 0. The Labute approximate surface area is 93.8 Å². The van der Waals surface area contributed by atoms with Gasteiger partial charge in [-0.15, -0.1) is 0 Å². The highest BCUT2D eigenvalue weighted by atomic mass is 15.1. The molecule has 0 fully saturated rings. The van der Waals surface area contributed by atoms with Gasteiger partial charge in [-0.1, -0.05) is 0 Å². The minimum absolute atomic E-state index is 0.670. The monoisotopic (exact) mass is 212 g/mol. The lowest BCUT2D eigenvalue weighted by Crippen LogP contribution is -2.08. The van der Waals surface area contributed by atoms with E-state index in [1.807, 2.05) is 31.7 Å². The molecular weight excluding hydrogens is 200 g/mol. The Hall–Kier alpha value is -1.97. The molecule has 0 amide bonds. The molecular formula is C12H12N4. The van der Waals surface area contributed by atoms with Crippen molar-refractivity contribution in [3.05, 3.63) is 35.8 Å². The van der Waals surface area contributed by atoms with Crippen LogP contribution >= 0.6 is 0 Å². The van der Waals surface area contributed by atoms with Crippen molar-refractivity contribution in [2.45, 2.75) is 12.8 Å². The number of nitrogens with one attached hydrogen (secondary N) is 1. The van der Waals surface area contributed by atoms with E-state index in [1.54, 1.807) is 0 Å². The minimum Gasteiger partial charge on any atom is -0.357 e. The normalized spacial score (nSPS) is 12.8. The van der Waals surface area contributed by atoms with Crippen molar-refractivity contribution in [1.29, 1.82) is 0 Å². The van der Waals surface area contributed by atoms with Gasteiger partial charge in [0.05, 0.1) is 5.69 Å². The van der Waals surface area contributed by atoms with Crippen molar-refractivity contribution >= 4 is 5.95 Å². The lowest BCUT2D eigenvalue weighted by atomic mass is 9.91. The Kier molecular flexibility index (Phi) is 2.06. The molecule has 1 N–H and O–H groups in total. The zero-order chi connectivity index (χ0) is 11.0. The summed E-state index contributed by atoms with van der Waals surface area (Å²) in [7, 11) is 1.83. The molecule has 0 radical (unpaired) electrons. The Morgan fingerprint density at radius 1 is 1.19 bits per heavy atom. The van der Waals surface area contributed by atoms with Gasteiger partial charge in [0.1, 0.15) is 0 Å². The molecule has 1 aliphatic rings. The second kappa shape index (κ2) is 3.56. The highest BCUT2D eigenvalue weighted by Gasteiger charge is 2.17. The molecule has 3 rings (SSSR count). The zero-order valence-corrected chi connectivity index (χ0v) is 9.07. The van der Waals surface area contributed by atoms with Gasteiger partial charge in [0.15, 0.2) is 0 Å². The molecule has 0 aliphatic heterocycles. The van der Waals surface area contributed by atoms with Crippen LogP contribution in [0.5, 0.6) is 0 Å². The zero-order valence-electron chi connectivity index (χ0n) is 9.07. The van der Waals surface area contributed by atoms with Gasteiger partial charge < -0.3 is 5.32 Å². The van der Waals surface area contributed by atoms with Crippen LogP contribution in [0.2, 0.25) is 0 Å². The van der Waals surface area contributed by atoms with Crippen LogP contribution < -0.4 is 5.32 Å². The molecule has 16 heavy (non-hydrogen) atoms.